The van der Waals surface area contributed by atoms with Gasteiger partial charge >= 0.3 is 0 Å². The van der Waals surface area contributed by atoms with E-state index >= 15 is 0 Å². The number of hydrogen-bond acceptors (Lipinski definition) is 3. The molecule has 0 amide bonds. The molecule has 110 valence electrons. The van der Waals surface area contributed by atoms with Crippen LogP contribution < -0.4 is 4.74 Å². The van der Waals surface area contributed by atoms with Crippen molar-refractivity contribution < 1.29 is 14.2 Å². The lowest BCUT2D eigenvalue weighted by molar-refractivity contribution is -0.197. The minimum atomic E-state index is -0.249. The molecular formula is C17H24O3. The smallest absolute Gasteiger partial charge is 0.183 e. The third kappa shape index (κ3) is 4.36. The highest BCUT2D eigenvalue weighted by atomic mass is 16.7. The van der Waals surface area contributed by atoms with E-state index < -0.39 is 0 Å². The molecule has 1 aliphatic rings. The normalized spacial score (nSPS) is 23.1. The van der Waals surface area contributed by atoms with Crippen LogP contribution in [-0.2, 0) is 9.47 Å². The molecule has 2 rings (SSSR count). The second kappa shape index (κ2) is 8.08. The molecule has 1 aromatic carbocycles. The van der Waals surface area contributed by atoms with E-state index in [1.807, 2.05) is 37.3 Å². The molecule has 0 saturated carbocycles. The average molecular weight is 276 g/mol. The molecule has 0 aromatic heterocycles. The Morgan fingerprint density at radius 2 is 1.90 bits per heavy atom. The van der Waals surface area contributed by atoms with Gasteiger partial charge in [-0.15, -0.1) is 0 Å². The fourth-order valence-electron chi connectivity index (χ4n) is 2.15. The molecule has 20 heavy (non-hydrogen) atoms. The number of ether oxygens (including phenoxy) is 3. The molecule has 0 aliphatic carbocycles. The van der Waals surface area contributed by atoms with Crippen LogP contribution in [0.2, 0.25) is 0 Å². The van der Waals surface area contributed by atoms with E-state index in [0.29, 0.717) is 19.1 Å². The molecule has 0 spiro atoms. The van der Waals surface area contributed by atoms with Crippen LogP contribution >= 0.6 is 0 Å². The van der Waals surface area contributed by atoms with Crippen molar-refractivity contribution >= 4 is 0 Å². The molecule has 0 atom stereocenters. The first-order valence-corrected chi connectivity index (χ1v) is 7.42. The van der Waals surface area contributed by atoms with Gasteiger partial charge in [0.25, 0.3) is 0 Å². The summed E-state index contributed by atoms with van der Waals surface area (Å²) >= 11 is 0. The quantitative estimate of drug-likeness (QED) is 0.578. The first-order valence-electron chi connectivity index (χ1n) is 7.42. The molecule has 1 heterocycles. The highest BCUT2D eigenvalue weighted by molar-refractivity contribution is 5.28. The van der Waals surface area contributed by atoms with Crippen LogP contribution in [0.25, 0.3) is 0 Å². The van der Waals surface area contributed by atoms with Gasteiger partial charge in [-0.1, -0.05) is 37.6 Å². The maximum absolute atomic E-state index is 5.75. The fraction of sp³-hybridized carbons (Fsp3) is 0.529. The molecule has 0 N–H and O–H groups in total. The van der Waals surface area contributed by atoms with Crippen molar-refractivity contribution in [1.29, 1.82) is 0 Å². The maximum Gasteiger partial charge on any atom is 0.183 e. The van der Waals surface area contributed by atoms with Crippen LogP contribution in [0.5, 0.6) is 5.75 Å². The Bertz CT molecular complexity index is 403. The van der Waals surface area contributed by atoms with Gasteiger partial charge in [-0.25, -0.2) is 0 Å². The molecule has 1 saturated heterocycles. The molecule has 1 fully saturated rings. The van der Waals surface area contributed by atoms with Crippen molar-refractivity contribution in [3.05, 3.63) is 42.0 Å². The Morgan fingerprint density at radius 3 is 2.50 bits per heavy atom. The second-order valence-corrected chi connectivity index (χ2v) is 5.06. The molecular weight excluding hydrogens is 252 g/mol. The molecule has 0 unspecified atom stereocenters. The van der Waals surface area contributed by atoms with E-state index in [0.717, 1.165) is 30.8 Å². The summed E-state index contributed by atoms with van der Waals surface area (Å²) in [7, 11) is 0. The van der Waals surface area contributed by atoms with Gasteiger partial charge in [-0.2, -0.15) is 0 Å². The van der Waals surface area contributed by atoms with Crippen molar-refractivity contribution in [2.45, 2.75) is 33.0 Å². The molecule has 1 aromatic rings. The Morgan fingerprint density at radius 1 is 1.20 bits per heavy atom. The minimum Gasteiger partial charge on any atom is -0.494 e. The third-order valence-corrected chi connectivity index (χ3v) is 3.31. The van der Waals surface area contributed by atoms with Crippen molar-refractivity contribution in [2.24, 2.45) is 5.92 Å². The Hall–Kier alpha value is -1.32. The van der Waals surface area contributed by atoms with E-state index in [1.54, 1.807) is 0 Å². The number of hydrogen-bond donors (Lipinski definition) is 0. The third-order valence-electron chi connectivity index (χ3n) is 3.31. The highest BCUT2D eigenvalue weighted by Crippen LogP contribution is 2.27. The summed E-state index contributed by atoms with van der Waals surface area (Å²) in [5.41, 5.74) is 1.05. The Kier molecular flexibility index (Phi) is 6.09. The summed E-state index contributed by atoms with van der Waals surface area (Å²) in [6, 6.07) is 8.00. The maximum atomic E-state index is 5.75. The highest BCUT2D eigenvalue weighted by Gasteiger charge is 2.21. The van der Waals surface area contributed by atoms with Crippen LogP contribution in [0.15, 0.2) is 36.4 Å². The minimum absolute atomic E-state index is 0.249. The number of allylic oxidation sites excluding steroid dienone is 1. The summed E-state index contributed by atoms with van der Waals surface area (Å²) in [6.07, 6.45) is 6.15. The van der Waals surface area contributed by atoms with Crippen molar-refractivity contribution in [3.8, 4) is 5.75 Å². The molecule has 3 nitrogen and oxygen atoms in total. The van der Waals surface area contributed by atoms with Gasteiger partial charge in [-0.3, -0.25) is 0 Å². The second-order valence-electron chi connectivity index (χ2n) is 5.06. The van der Waals surface area contributed by atoms with Gasteiger partial charge in [0.05, 0.1) is 19.8 Å². The van der Waals surface area contributed by atoms with E-state index in [9.17, 15) is 0 Å². The fourth-order valence-corrected chi connectivity index (χ4v) is 2.15. The summed E-state index contributed by atoms with van der Waals surface area (Å²) in [6.45, 7) is 6.37. The van der Waals surface area contributed by atoms with Crippen molar-refractivity contribution in [2.75, 3.05) is 19.8 Å². The molecule has 0 bridgehead atoms. The summed E-state index contributed by atoms with van der Waals surface area (Å²) in [5.74, 6) is 1.28. The van der Waals surface area contributed by atoms with Gasteiger partial charge in [-0.05, 0) is 25.5 Å². The Labute approximate surface area is 121 Å². The van der Waals surface area contributed by atoms with E-state index in [4.69, 9.17) is 14.2 Å². The predicted molar refractivity (Wildman–Crippen MR) is 79.8 cm³/mol. The van der Waals surface area contributed by atoms with E-state index in [2.05, 4.69) is 13.0 Å². The van der Waals surface area contributed by atoms with E-state index in [1.165, 1.54) is 0 Å². The number of benzene rings is 1. The summed E-state index contributed by atoms with van der Waals surface area (Å²) < 4.78 is 17.2. The van der Waals surface area contributed by atoms with Crippen LogP contribution in [0, 0.1) is 5.92 Å². The zero-order chi connectivity index (χ0) is 14.2. The molecule has 1 aliphatic heterocycles. The van der Waals surface area contributed by atoms with Crippen molar-refractivity contribution in [1.82, 2.24) is 0 Å². The topological polar surface area (TPSA) is 27.7 Å². The van der Waals surface area contributed by atoms with Crippen LogP contribution in [0.1, 0.15) is 38.5 Å². The molecule has 0 radical (unpaired) electrons. The Balaban J connectivity index is 1.84. The molecule has 3 heteroatoms. The lowest BCUT2D eigenvalue weighted by Crippen LogP contribution is -2.25. The number of rotatable bonds is 6. The zero-order valence-corrected chi connectivity index (χ0v) is 12.4. The lowest BCUT2D eigenvalue weighted by Gasteiger charge is -2.28. The standard InChI is InChI=1S/C17H24O3/c1-3-5-11-18-16-9-7-15(8-10-16)17-19-12-14(6-4-2)13-20-17/h4,6-10,14,17H,3,5,11-13H2,1-2H3/b6-4+. The summed E-state index contributed by atoms with van der Waals surface area (Å²) in [4.78, 5) is 0. The first kappa shape index (κ1) is 15.1. The SMILES string of the molecule is C/C=C/C1COC(c2ccc(OCCCC)cc2)OC1. The van der Waals surface area contributed by atoms with Gasteiger partial charge in [0.2, 0.25) is 0 Å². The number of unbranched alkanes of at least 4 members (excludes halogenated alkanes) is 1. The largest absolute Gasteiger partial charge is 0.494 e. The van der Waals surface area contributed by atoms with Gasteiger partial charge in [0.1, 0.15) is 5.75 Å². The van der Waals surface area contributed by atoms with Crippen molar-refractivity contribution in [3.63, 3.8) is 0 Å². The first-order chi connectivity index (χ1) is 9.83. The van der Waals surface area contributed by atoms with Crippen LogP contribution in [0.4, 0.5) is 0 Å². The summed E-state index contributed by atoms with van der Waals surface area (Å²) in [5, 5.41) is 0. The average Bonchev–Trinajstić information content (AvgIpc) is 2.49. The lowest BCUT2D eigenvalue weighted by atomic mass is 10.1. The van der Waals surface area contributed by atoms with Gasteiger partial charge < -0.3 is 14.2 Å². The van der Waals surface area contributed by atoms with Crippen LogP contribution in [0.3, 0.4) is 0 Å². The van der Waals surface area contributed by atoms with Crippen LogP contribution in [-0.4, -0.2) is 19.8 Å². The monoisotopic (exact) mass is 276 g/mol. The van der Waals surface area contributed by atoms with Gasteiger partial charge in [0.15, 0.2) is 6.29 Å². The predicted octanol–water partition coefficient (Wildman–Crippen LogP) is 4.10. The van der Waals surface area contributed by atoms with E-state index in [-0.39, 0.29) is 6.29 Å². The van der Waals surface area contributed by atoms with Gasteiger partial charge in [0, 0.05) is 11.5 Å². The zero-order valence-electron chi connectivity index (χ0n) is 12.4.